The largest absolute Gasteiger partial charge is 0.460 e. The topological polar surface area (TPSA) is 0 Å². The second-order valence-corrected chi connectivity index (χ2v) is 9.48. The third kappa shape index (κ3) is 2.69. The van der Waals surface area contributed by atoms with Crippen molar-refractivity contribution in [1.82, 2.24) is 0 Å². The molecule has 0 radical (unpaired) electrons. The minimum absolute atomic E-state index is 0.0343. The summed E-state index contributed by atoms with van der Waals surface area (Å²) in [5.74, 6) is -19.6. The standard InChI is InChI=1S/C25H19F9/c1-20(2,3)21(22(26,27)23(28,29)24(30,31)25(32,33)34)17-13-15-11-7-8-12-16(15)18(17)19(21)14-9-5-4-6-10-14/h4-13H,1-3H3. The van der Waals surface area contributed by atoms with E-state index in [0.717, 1.165) is 20.8 Å². The first-order chi connectivity index (χ1) is 15.4. The molecule has 0 bridgehead atoms. The highest BCUT2D eigenvalue weighted by Crippen LogP contribution is 2.78. The second-order valence-electron chi connectivity index (χ2n) is 9.48. The van der Waals surface area contributed by atoms with Gasteiger partial charge in [-0.1, -0.05) is 75.4 Å². The van der Waals surface area contributed by atoms with Crippen LogP contribution in [0.4, 0.5) is 39.5 Å². The smallest absolute Gasteiger partial charge is 0.198 e. The molecule has 34 heavy (non-hydrogen) atoms. The Kier molecular flexibility index (Phi) is 4.97. The van der Waals surface area contributed by atoms with Gasteiger partial charge in [0.15, 0.2) is 0 Å². The van der Waals surface area contributed by atoms with Crippen LogP contribution in [0.15, 0.2) is 60.2 Å². The molecule has 0 aromatic heterocycles. The molecule has 0 saturated heterocycles. The summed E-state index contributed by atoms with van der Waals surface area (Å²) < 4.78 is 129. The molecule has 1 atom stereocenters. The van der Waals surface area contributed by atoms with Crippen LogP contribution in [0.1, 0.15) is 37.5 Å². The van der Waals surface area contributed by atoms with Crippen LogP contribution in [0.2, 0.25) is 0 Å². The maximum Gasteiger partial charge on any atom is 0.460 e. The van der Waals surface area contributed by atoms with E-state index in [1.807, 2.05) is 0 Å². The molecule has 0 aliphatic heterocycles. The van der Waals surface area contributed by atoms with Crippen molar-refractivity contribution in [3.63, 3.8) is 0 Å². The highest BCUT2D eigenvalue weighted by Gasteiger charge is 2.89. The van der Waals surface area contributed by atoms with Gasteiger partial charge in [0.1, 0.15) is 0 Å². The Bertz CT molecular complexity index is 1190. The Morgan fingerprint density at radius 3 is 1.71 bits per heavy atom. The molecule has 2 aliphatic carbocycles. The van der Waals surface area contributed by atoms with Gasteiger partial charge in [-0.3, -0.25) is 0 Å². The minimum Gasteiger partial charge on any atom is -0.198 e. The lowest BCUT2D eigenvalue weighted by Gasteiger charge is -2.60. The van der Waals surface area contributed by atoms with Crippen molar-refractivity contribution in [2.45, 2.75) is 44.7 Å². The third-order valence-electron chi connectivity index (χ3n) is 6.63. The molecular formula is C25H19F9. The van der Waals surface area contributed by atoms with Crippen molar-refractivity contribution in [1.29, 1.82) is 0 Å². The van der Waals surface area contributed by atoms with E-state index in [2.05, 4.69) is 0 Å². The van der Waals surface area contributed by atoms with Crippen LogP contribution in [0.5, 0.6) is 0 Å². The monoisotopic (exact) mass is 490 g/mol. The van der Waals surface area contributed by atoms with Gasteiger partial charge in [-0.05, 0) is 44.9 Å². The van der Waals surface area contributed by atoms with Crippen molar-refractivity contribution in [3.8, 4) is 0 Å². The van der Waals surface area contributed by atoms with Gasteiger partial charge in [-0.25, -0.2) is 0 Å². The Morgan fingerprint density at radius 2 is 1.18 bits per heavy atom. The summed E-state index contributed by atoms with van der Waals surface area (Å²) in [7, 11) is 0. The summed E-state index contributed by atoms with van der Waals surface area (Å²) in [6.45, 7) is 3.39. The second kappa shape index (κ2) is 6.92. The molecule has 0 heterocycles. The van der Waals surface area contributed by atoms with Gasteiger partial charge in [-0.2, -0.15) is 39.5 Å². The first kappa shape index (κ1) is 24.4. The van der Waals surface area contributed by atoms with E-state index in [4.69, 9.17) is 0 Å². The molecule has 0 spiro atoms. The summed E-state index contributed by atoms with van der Waals surface area (Å²) in [4.78, 5) is 0. The Morgan fingerprint density at radius 1 is 0.647 bits per heavy atom. The maximum absolute atomic E-state index is 16.0. The number of fused-ring (bicyclic) bond motifs is 3. The predicted octanol–water partition coefficient (Wildman–Crippen LogP) is 8.51. The zero-order chi connectivity index (χ0) is 25.5. The third-order valence-corrected chi connectivity index (χ3v) is 6.63. The molecule has 2 aliphatic rings. The van der Waals surface area contributed by atoms with Crippen LogP contribution in [0.25, 0.3) is 17.2 Å². The fourth-order valence-electron chi connectivity index (χ4n) is 5.20. The van der Waals surface area contributed by atoms with Gasteiger partial charge in [-0.15, -0.1) is 0 Å². The molecule has 9 heteroatoms. The molecule has 0 N–H and O–H groups in total. The summed E-state index contributed by atoms with van der Waals surface area (Å²) in [6, 6.07) is 13.4. The number of benzene rings is 2. The summed E-state index contributed by atoms with van der Waals surface area (Å²) in [6.07, 6.45) is -5.71. The van der Waals surface area contributed by atoms with Crippen LogP contribution in [-0.4, -0.2) is 23.9 Å². The molecule has 4 rings (SSSR count). The van der Waals surface area contributed by atoms with Crippen LogP contribution in [-0.2, 0) is 0 Å². The van der Waals surface area contributed by atoms with Crippen molar-refractivity contribution in [2.75, 3.05) is 0 Å². The van der Waals surface area contributed by atoms with Gasteiger partial charge in [0, 0.05) is 0 Å². The van der Waals surface area contributed by atoms with E-state index < -0.39 is 34.8 Å². The Hall–Kier alpha value is -2.71. The predicted molar refractivity (Wildman–Crippen MR) is 110 cm³/mol. The number of hydrogen-bond acceptors (Lipinski definition) is 0. The first-order valence-corrected chi connectivity index (χ1v) is 10.3. The number of halogens is 9. The summed E-state index contributed by atoms with van der Waals surface area (Å²) in [5.41, 5.74) is -4.86. The van der Waals surface area contributed by atoms with Gasteiger partial charge >= 0.3 is 23.9 Å². The quantitative estimate of drug-likeness (QED) is 0.377. The van der Waals surface area contributed by atoms with Gasteiger partial charge in [0.25, 0.3) is 0 Å². The zero-order valence-corrected chi connectivity index (χ0v) is 18.2. The zero-order valence-electron chi connectivity index (χ0n) is 18.2. The number of rotatable bonds is 4. The average molecular weight is 490 g/mol. The van der Waals surface area contributed by atoms with E-state index in [9.17, 15) is 30.7 Å². The lowest BCUT2D eigenvalue weighted by Crippen LogP contribution is -2.70. The average Bonchev–Trinajstić information content (AvgIpc) is 3.01. The molecule has 1 unspecified atom stereocenters. The maximum atomic E-state index is 16.0. The van der Waals surface area contributed by atoms with E-state index in [-0.39, 0.29) is 22.3 Å². The number of alkyl halides is 9. The van der Waals surface area contributed by atoms with Crippen LogP contribution < -0.4 is 0 Å². The molecule has 2 aromatic carbocycles. The molecule has 0 fully saturated rings. The van der Waals surface area contributed by atoms with E-state index in [1.54, 1.807) is 18.2 Å². The van der Waals surface area contributed by atoms with E-state index in [0.29, 0.717) is 11.1 Å². The summed E-state index contributed by atoms with van der Waals surface area (Å²) >= 11 is 0. The highest BCUT2D eigenvalue weighted by molar-refractivity contribution is 6.18. The SMILES string of the molecule is CC(C)(C)C1(C(F)(F)C(F)(F)C(F)(F)C(F)(F)F)C2=Cc3ccccc3C2=C1c1ccccc1. The molecular weight excluding hydrogens is 471 g/mol. The van der Waals surface area contributed by atoms with Gasteiger partial charge in [0.2, 0.25) is 0 Å². The van der Waals surface area contributed by atoms with Gasteiger partial charge in [0.05, 0.1) is 5.41 Å². The summed E-state index contributed by atoms with van der Waals surface area (Å²) in [5, 5.41) is 0. The van der Waals surface area contributed by atoms with Gasteiger partial charge < -0.3 is 0 Å². The van der Waals surface area contributed by atoms with Crippen LogP contribution in [0.3, 0.4) is 0 Å². The number of allylic oxidation sites excluding steroid dienone is 3. The molecule has 0 amide bonds. The normalized spacial score (nSPS) is 21.1. The van der Waals surface area contributed by atoms with Crippen molar-refractivity contribution in [2.24, 2.45) is 10.8 Å². The van der Waals surface area contributed by atoms with E-state index in [1.165, 1.54) is 42.5 Å². The minimum atomic E-state index is -6.98. The number of hydrogen-bond donors (Lipinski definition) is 0. The Labute approximate surface area is 189 Å². The fraction of sp³-hybridized carbons (Fsp3) is 0.360. The first-order valence-electron chi connectivity index (χ1n) is 10.3. The van der Waals surface area contributed by atoms with Crippen LogP contribution >= 0.6 is 0 Å². The lowest BCUT2D eigenvalue weighted by molar-refractivity contribution is -0.410. The lowest BCUT2D eigenvalue weighted by atomic mass is 9.44. The molecule has 2 aromatic rings. The van der Waals surface area contributed by atoms with Crippen molar-refractivity contribution in [3.05, 3.63) is 76.9 Å². The molecule has 0 saturated carbocycles. The highest BCUT2D eigenvalue weighted by atomic mass is 19.4. The fourth-order valence-corrected chi connectivity index (χ4v) is 5.20. The van der Waals surface area contributed by atoms with Crippen molar-refractivity contribution < 1.29 is 39.5 Å². The Balaban J connectivity index is 2.12. The van der Waals surface area contributed by atoms with Crippen molar-refractivity contribution >= 4 is 17.2 Å². The van der Waals surface area contributed by atoms with Crippen LogP contribution in [0, 0.1) is 10.8 Å². The molecule has 0 nitrogen and oxygen atoms in total. The molecule has 182 valence electrons. The van der Waals surface area contributed by atoms with E-state index >= 15 is 8.78 Å².